The van der Waals surface area contributed by atoms with Crippen LogP contribution in [0, 0.1) is 0 Å². The number of nitrogens with one attached hydrogen (secondary N) is 1. The Morgan fingerprint density at radius 2 is 2.17 bits per heavy atom. The summed E-state index contributed by atoms with van der Waals surface area (Å²) in [5.74, 6) is 1.11. The minimum atomic E-state index is -0.425. The summed E-state index contributed by atoms with van der Waals surface area (Å²) in [6.07, 6.45) is 4.52. The Balaban J connectivity index is 2.60. The summed E-state index contributed by atoms with van der Waals surface area (Å²) in [5.41, 5.74) is 1.23. The van der Waals surface area contributed by atoms with Gasteiger partial charge in [-0.3, -0.25) is 0 Å². The molecule has 0 radical (unpaired) electrons. The fourth-order valence-electron chi connectivity index (χ4n) is 1.91. The molecule has 0 saturated carbocycles. The Morgan fingerprint density at radius 1 is 1.39 bits per heavy atom. The van der Waals surface area contributed by atoms with E-state index in [1.807, 2.05) is 12.1 Å². The summed E-state index contributed by atoms with van der Waals surface area (Å²) in [4.78, 5) is 11.1. The van der Waals surface area contributed by atoms with E-state index in [1.54, 1.807) is 13.1 Å². The molecule has 100 valence electrons. The third-order valence-electron chi connectivity index (χ3n) is 3.08. The summed E-state index contributed by atoms with van der Waals surface area (Å²) in [5, 5.41) is 2.44. The molecular formula is C15H23NO2. The molecule has 0 saturated heterocycles. The molecule has 0 fully saturated rings. The van der Waals surface area contributed by atoms with Gasteiger partial charge in [-0.2, -0.15) is 0 Å². The topological polar surface area (TPSA) is 38.3 Å². The second-order valence-corrected chi connectivity index (χ2v) is 4.61. The Kier molecular flexibility index (Phi) is 6.26. The van der Waals surface area contributed by atoms with E-state index in [2.05, 4.69) is 25.2 Å². The Bertz CT molecular complexity index is 377. The molecule has 0 aromatic heterocycles. The van der Waals surface area contributed by atoms with E-state index in [0.29, 0.717) is 11.7 Å². The number of hydrogen-bond donors (Lipinski definition) is 1. The van der Waals surface area contributed by atoms with Crippen molar-refractivity contribution in [2.24, 2.45) is 0 Å². The molecule has 18 heavy (non-hydrogen) atoms. The van der Waals surface area contributed by atoms with Crippen LogP contribution in [0.25, 0.3) is 0 Å². The zero-order chi connectivity index (χ0) is 13.4. The Morgan fingerprint density at radius 3 is 2.83 bits per heavy atom. The summed E-state index contributed by atoms with van der Waals surface area (Å²) in [6.45, 7) is 4.43. The summed E-state index contributed by atoms with van der Waals surface area (Å²) in [7, 11) is 1.56. The minimum Gasteiger partial charge on any atom is -0.410 e. The Hall–Kier alpha value is -1.51. The monoisotopic (exact) mass is 249 g/mol. The fraction of sp³-hybridized carbons (Fsp3) is 0.533. The normalized spacial score (nSPS) is 11.9. The van der Waals surface area contributed by atoms with E-state index < -0.39 is 6.09 Å². The van der Waals surface area contributed by atoms with Gasteiger partial charge in [0, 0.05) is 7.05 Å². The van der Waals surface area contributed by atoms with Gasteiger partial charge in [-0.05, 0) is 30.0 Å². The molecule has 3 nitrogen and oxygen atoms in total. The molecule has 0 aliphatic carbocycles. The maximum Gasteiger partial charge on any atom is 0.412 e. The number of benzene rings is 1. The molecule has 1 atom stereocenters. The highest BCUT2D eigenvalue weighted by Crippen LogP contribution is 2.25. The molecule has 0 bridgehead atoms. The molecule has 0 aliphatic rings. The first-order valence-corrected chi connectivity index (χ1v) is 6.67. The van der Waals surface area contributed by atoms with Gasteiger partial charge in [0.25, 0.3) is 0 Å². The van der Waals surface area contributed by atoms with E-state index in [9.17, 15) is 4.79 Å². The molecule has 0 spiro atoms. The van der Waals surface area contributed by atoms with Crippen LogP contribution in [0.4, 0.5) is 4.79 Å². The average Bonchev–Trinajstić information content (AvgIpc) is 2.39. The fourth-order valence-corrected chi connectivity index (χ4v) is 1.91. The van der Waals surface area contributed by atoms with Crippen LogP contribution in [0.2, 0.25) is 0 Å². The molecule has 0 heterocycles. The largest absolute Gasteiger partial charge is 0.412 e. The van der Waals surface area contributed by atoms with Crippen molar-refractivity contribution >= 4 is 6.09 Å². The van der Waals surface area contributed by atoms with Gasteiger partial charge in [0.1, 0.15) is 5.75 Å². The smallest absolute Gasteiger partial charge is 0.410 e. The summed E-state index contributed by atoms with van der Waals surface area (Å²) < 4.78 is 5.13. The van der Waals surface area contributed by atoms with Crippen LogP contribution in [0.1, 0.15) is 51.0 Å². The van der Waals surface area contributed by atoms with Crippen molar-refractivity contribution in [3.05, 3.63) is 29.8 Å². The van der Waals surface area contributed by atoms with Crippen LogP contribution in [-0.4, -0.2) is 13.1 Å². The average molecular weight is 249 g/mol. The number of rotatable bonds is 6. The van der Waals surface area contributed by atoms with Crippen molar-refractivity contribution in [2.45, 2.75) is 45.4 Å². The van der Waals surface area contributed by atoms with Crippen LogP contribution < -0.4 is 10.1 Å². The molecule has 1 unspecified atom stereocenters. The van der Waals surface area contributed by atoms with Crippen LogP contribution in [0.15, 0.2) is 24.3 Å². The van der Waals surface area contributed by atoms with Gasteiger partial charge in [-0.15, -0.1) is 0 Å². The lowest BCUT2D eigenvalue weighted by molar-refractivity contribution is 0.203. The third kappa shape index (κ3) is 4.78. The first-order chi connectivity index (χ1) is 8.67. The van der Waals surface area contributed by atoms with Crippen molar-refractivity contribution in [2.75, 3.05) is 7.05 Å². The second-order valence-electron chi connectivity index (χ2n) is 4.61. The number of carbonyl (C=O) groups is 1. The lowest BCUT2D eigenvalue weighted by Crippen LogP contribution is -2.22. The van der Waals surface area contributed by atoms with Gasteiger partial charge in [0.15, 0.2) is 0 Å². The van der Waals surface area contributed by atoms with Crippen LogP contribution in [0.3, 0.4) is 0 Å². The molecule has 3 heteroatoms. The lowest BCUT2D eigenvalue weighted by Gasteiger charge is -2.12. The molecule has 1 amide bonds. The number of amides is 1. The van der Waals surface area contributed by atoms with Crippen molar-refractivity contribution < 1.29 is 9.53 Å². The SMILES string of the molecule is CCCCCC(C)c1cccc(OC(=O)NC)c1. The lowest BCUT2D eigenvalue weighted by atomic mass is 9.95. The molecule has 0 aliphatic heterocycles. The molecule has 1 N–H and O–H groups in total. The third-order valence-corrected chi connectivity index (χ3v) is 3.08. The van der Waals surface area contributed by atoms with Crippen LogP contribution >= 0.6 is 0 Å². The molecular weight excluding hydrogens is 226 g/mol. The van der Waals surface area contributed by atoms with Gasteiger partial charge in [0.05, 0.1) is 0 Å². The van der Waals surface area contributed by atoms with Crippen molar-refractivity contribution in [1.82, 2.24) is 5.32 Å². The maximum absolute atomic E-state index is 11.1. The molecule has 1 rings (SSSR count). The van der Waals surface area contributed by atoms with E-state index in [-0.39, 0.29) is 0 Å². The highest BCUT2D eigenvalue weighted by Gasteiger charge is 2.08. The van der Waals surface area contributed by atoms with Gasteiger partial charge in [-0.1, -0.05) is 45.2 Å². The Labute approximate surface area is 110 Å². The summed E-state index contributed by atoms with van der Waals surface area (Å²) >= 11 is 0. The highest BCUT2D eigenvalue weighted by molar-refractivity contribution is 5.69. The minimum absolute atomic E-state index is 0.425. The predicted octanol–water partition coefficient (Wildman–Crippen LogP) is 4.09. The van der Waals surface area contributed by atoms with Crippen LogP contribution in [0.5, 0.6) is 5.75 Å². The van der Waals surface area contributed by atoms with Gasteiger partial charge < -0.3 is 10.1 Å². The number of hydrogen-bond acceptors (Lipinski definition) is 2. The van der Waals surface area contributed by atoms with Crippen molar-refractivity contribution in [3.63, 3.8) is 0 Å². The first-order valence-electron chi connectivity index (χ1n) is 6.67. The summed E-state index contributed by atoms with van der Waals surface area (Å²) in [6, 6.07) is 7.78. The number of carbonyl (C=O) groups excluding carboxylic acids is 1. The maximum atomic E-state index is 11.1. The van der Waals surface area contributed by atoms with Gasteiger partial charge in [-0.25, -0.2) is 4.79 Å². The molecule has 1 aromatic rings. The van der Waals surface area contributed by atoms with E-state index >= 15 is 0 Å². The zero-order valence-electron chi connectivity index (χ0n) is 11.5. The number of ether oxygens (including phenoxy) is 1. The quantitative estimate of drug-likeness (QED) is 0.771. The highest BCUT2D eigenvalue weighted by atomic mass is 16.5. The zero-order valence-corrected chi connectivity index (χ0v) is 11.5. The van der Waals surface area contributed by atoms with Gasteiger partial charge >= 0.3 is 6.09 Å². The van der Waals surface area contributed by atoms with E-state index in [1.165, 1.54) is 31.2 Å². The number of unbranched alkanes of at least 4 members (excludes halogenated alkanes) is 2. The van der Waals surface area contributed by atoms with Crippen molar-refractivity contribution in [1.29, 1.82) is 0 Å². The second kappa shape index (κ2) is 7.75. The van der Waals surface area contributed by atoms with Gasteiger partial charge in [0.2, 0.25) is 0 Å². The standard InChI is InChI=1S/C15H23NO2/c1-4-5-6-8-12(2)13-9-7-10-14(11-13)18-15(17)16-3/h7,9-12H,4-6,8H2,1-3H3,(H,16,17). The van der Waals surface area contributed by atoms with Crippen LogP contribution in [-0.2, 0) is 0 Å². The van der Waals surface area contributed by atoms with Crippen molar-refractivity contribution in [3.8, 4) is 5.75 Å². The van der Waals surface area contributed by atoms with E-state index in [0.717, 1.165) is 0 Å². The molecule has 1 aromatic carbocycles. The van der Waals surface area contributed by atoms with E-state index in [4.69, 9.17) is 4.74 Å². The predicted molar refractivity (Wildman–Crippen MR) is 74.1 cm³/mol. The first kappa shape index (κ1) is 14.6.